The van der Waals surface area contributed by atoms with Crippen LogP contribution >= 0.6 is 11.8 Å². The Bertz CT molecular complexity index is 314. The largest absolute Gasteiger partial charge is 0.360 e. The first-order valence-electron chi connectivity index (χ1n) is 5.80. The predicted molar refractivity (Wildman–Crippen MR) is 67.8 cm³/mol. The highest BCUT2D eigenvalue weighted by Gasteiger charge is 2.25. The number of carbonyl (C=O) groups is 1. The third kappa shape index (κ3) is 3.14. The zero-order valence-corrected chi connectivity index (χ0v) is 10.7. The standard InChI is InChI=1S/C11H19N3OS/c1-11(2)5-6-16-10(14-11)12-7-8-3-4-9(15)13-8/h8H,3-7H2,1-2H3,(H,12,14)(H,13,15). The average molecular weight is 241 g/mol. The zero-order chi connectivity index (χ0) is 11.6. The molecule has 5 heteroatoms. The molecule has 1 amide bonds. The molecule has 2 fully saturated rings. The summed E-state index contributed by atoms with van der Waals surface area (Å²) in [6.45, 7) is 5.09. The normalized spacial score (nSPS) is 31.2. The van der Waals surface area contributed by atoms with E-state index in [2.05, 4.69) is 29.5 Å². The maximum Gasteiger partial charge on any atom is 0.220 e. The van der Waals surface area contributed by atoms with Crippen LogP contribution in [-0.2, 0) is 4.79 Å². The minimum atomic E-state index is 0.156. The Morgan fingerprint density at radius 1 is 1.56 bits per heavy atom. The van der Waals surface area contributed by atoms with Gasteiger partial charge < -0.3 is 10.6 Å². The van der Waals surface area contributed by atoms with E-state index >= 15 is 0 Å². The highest BCUT2D eigenvalue weighted by molar-refractivity contribution is 8.13. The first kappa shape index (κ1) is 11.8. The number of hydrogen-bond acceptors (Lipinski definition) is 3. The van der Waals surface area contributed by atoms with Gasteiger partial charge in [-0.3, -0.25) is 9.79 Å². The third-order valence-corrected chi connectivity index (χ3v) is 3.86. The highest BCUT2D eigenvalue weighted by Crippen LogP contribution is 2.21. The highest BCUT2D eigenvalue weighted by atomic mass is 32.2. The lowest BCUT2D eigenvalue weighted by atomic mass is 10.0. The minimum absolute atomic E-state index is 0.156. The molecule has 0 aromatic heterocycles. The van der Waals surface area contributed by atoms with Gasteiger partial charge in [-0.15, -0.1) is 0 Å². The molecule has 4 nitrogen and oxygen atoms in total. The molecule has 1 atom stereocenters. The number of aliphatic imine (C=N–C) groups is 1. The van der Waals surface area contributed by atoms with Gasteiger partial charge in [-0.2, -0.15) is 0 Å². The first-order chi connectivity index (χ1) is 7.55. The van der Waals surface area contributed by atoms with Crippen molar-refractivity contribution in [3.8, 4) is 0 Å². The Morgan fingerprint density at radius 2 is 2.38 bits per heavy atom. The number of rotatable bonds is 2. The molecule has 0 aliphatic carbocycles. The Kier molecular flexibility index (Phi) is 3.42. The van der Waals surface area contributed by atoms with E-state index in [0.29, 0.717) is 13.0 Å². The summed E-state index contributed by atoms with van der Waals surface area (Å²) >= 11 is 1.78. The number of nitrogens with zero attached hydrogens (tertiary/aromatic N) is 1. The van der Waals surface area contributed by atoms with E-state index in [-0.39, 0.29) is 17.5 Å². The Labute approximate surface area is 101 Å². The second-order valence-electron chi connectivity index (χ2n) is 5.06. The third-order valence-electron chi connectivity index (χ3n) is 2.95. The summed E-state index contributed by atoms with van der Waals surface area (Å²) in [5.41, 5.74) is 0.156. The molecule has 0 bridgehead atoms. The Morgan fingerprint density at radius 3 is 3.00 bits per heavy atom. The molecule has 2 heterocycles. The van der Waals surface area contributed by atoms with Crippen molar-refractivity contribution in [2.24, 2.45) is 4.99 Å². The fourth-order valence-electron chi connectivity index (χ4n) is 1.88. The van der Waals surface area contributed by atoms with Gasteiger partial charge in [0.15, 0.2) is 5.17 Å². The smallest absolute Gasteiger partial charge is 0.220 e. The molecule has 2 rings (SSSR count). The molecule has 2 N–H and O–H groups in total. The average Bonchev–Trinajstić information content (AvgIpc) is 2.60. The van der Waals surface area contributed by atoms with E-state index < -0.39 is 0 Å². The van der Waals surface area contributed by atoms with Crippen molar-refractivity contribution in [2.45, 2.75) is 44.7 Å². The lowest BCUT2D eigenvalue weighted by molar-refractivity contribution is -0.119. The van der Waals surface area contributed by atoms with Crippen molar-refractivity contribution in [3.63, 3.8) is 0 Å². The second kappa shape index (κ2) is 4.65. The number of carbonyl (C=O) groups excluding carboxylic acids is 1. The molecule has 90 valence electrons. The SMILES string of the molecule is CC1(C)CCSC(=NCC2CCC(=O)N2)N1. The summed E-state index contributed by atoms with van der Waals surface area (Å²) in [4.78, 5) is 15.6. The van der Waals surface area contributed by atoms with Crippen LogP contribution in [0.4, 0.5) is 0 Å². The van der Waals surface area contributed by atoms with Gasteiger partial charge in [0.1, 0.15) is 0 Å². The van der Waals surface area contributed by atoms with Crippen LogP contribution < -0.4 is 10.6 Å². The molecule has 0 spiro atoms. The minimum Gasteiger partial charge on any atom is -0.360 e. The van der Waals surface area contributed by atoms with Gasteiger partial charge in [0.05, 0.1) is 6.54 Å². The van der Waals surface area contributed by atoms with Gasteiger partial charge in [-0.1, -0.05) is 11.8 Å². The maximum atomic E-state index is 11.0. The van der Waals surface area contributed by atoms with E-state index in [9.17, 15) is 4.79 Å². The van der Waals surface area contributed by atoms with Crippen LogP contribution in [0.2, 0.25) is 0 Å². The molecule has 0 aromatic carbocycles. The molecular weight excluding hydrogens is 222 g/mol. The predicted octanol–water partition coefficient (Wildman–Crippen LogP) is 1.13. The monoisotopic (exact) mass is 241 g/mol. The number of amides is 1. The van der Waals surface area contributed by atoms with Crippen LogP contribution in [-0.4, -0.2) is 35.0 Å². The number of amidine groups is 1. The lowest BCUT2D eigenvalue weighted by Crippen LogP contribution is -2.46. The molecule has 0 saturated carbocycles. The summed E-state index contributed by atoms with van der Waals surface area (Å²) < 4.78 is 0. The van der Waals surface area contributed by atoms with Crippen LogP contribution in [0.5, 0.6) is 0 Å². The molecule has 1 unspecified atom stereocenters. The van der Waals surface area contributed by atoms with Crippen LogP contribution in [0.15, 0.2) is 4.99 Å². The fourth-order valence-corrected chi connectivity index (χ4v) is 3.20. The van der Waals surface area contributed by atoms with Crippen molar-refractivity contribution in [1.82, 2.24) is 10.6 Å². The molecule has 2 aliphatic heterocycles. The van der Waals surface area contributed by atoms with Crippen molar-refractivity contribution in [3.05, 3.63) is 0 Å². The van der Waals surface area contributed by atoms with Crippen LogP contribution in [0.3, 0.4) is 0 Å². The van der Waals surface area contributed by atoms with Crippen LogP contribution in [0.25, 0.3) is 0 Å². The van der Waals surface area contributed by atoms with Gasteiger partial charge >= 0.3 is 0 Å². The molecule has 2 aliphatic rings. The summed E-state index contributed by atoms with van der Waals surface area (Å²) in [7, 11) is 0. The van der Waals surface area contributed by atoms with Crippen molar-refractivity contribution in [2.75, 3.05) is 12.3 Å². The Balaban J connectivity index is 1.85. The lowest BCUT2D eigenvalue weighted by Gasteiger charge is -2.32. The number of thioether (sulfide) groups is 1. The zero-order valence-electron chi connectivity index (χ0n) is 9.88. The van der Waals surface area contributed by atoms with Gasteiger partial charge in [0.25, 0.3) is 0 Å². The van der Waals surface area contributed by atoms with Gasteiger partial charge in [0.2, 0.25) is 5.91 Å². The molecule has 0 aromatic rings. The summed E-state index contributed by atoms with van der Waals surface area (Å²) in [6, 6.07) is 0.243. The molecule has 16 heavy (non-hydrogen) atoms. The topological polar surface area (TPSA) is 53.5 Å². The van der Waals surface area contributed by atoms with E-state index in [1.54, 1.807) is 11.8 Å². The van der Waals surface area contributed by atoms with Gasteiger partial charge in [-0.05, 0) is 26.7 Å². The van der Waals surface area contributed by atoms with Gasteiger partial charge in [-0.25, -0.2) is 0 Å². The maximum absolute atomic E-state index is 11.0. The van der Waals surface area contributed by atoms with Crippen molar-refractivity contribution < 1.29 is 4.79 Å². The molecule has 2 saturated heterocycles. The second-order valence-corrected chi connectivity index (χ2v) is 6.14. The summed E-state index contributed by atoms with van der Waals surface area (Å²) in [6.07, 6.45) is 2.74. The van der Waals surface area contributed by atoms with Crippen molar-refractivity contribution in [1.29, 1.82) is 0 Å². The van der Waals surface area contributed by atoms with E-state index in [4.69, 9.17) is 0 Å². The first-order valence-corrected chi connectivity index (χ1v) is 6.78. The number of hydrogen-bond donors (Lipinski definition) is 2. The van der Waals surface area contributed by atoms with E-state index in [0.717, 1.165) is 23.8 Å². The summed E-state index contributed by atoms with van der Waals surface area (Å²) in [5, 5.41) is 7.38. The Hall–Kier alpha value is -0.710. The van der Waals surface area contributed by atoms with Gasteiger partial charge in [0, 0.05) is 23.8 Å². The molecule has 0 radical (unpaired) electrons. The van der Waals surface area contributed by atoms with Crippen LogP contribution in [0.1, 0.15) is 33.1 Å². The quantitative estimate of drug-likeness (QED) is 0.762. The van der Waals surface area contributed by atoms with E-state index in [1.807, 2.05) is 0 Å². The number of nitrogens with one attached hydrogen (secondary N) is 2. The fraction of sp³-hybridized carbons (Fsp3) is 0.818. The van der Waals surface area contributed by atoms with Crippen LogP contribution in [0, 0.1) is 0 Å². The summed E-state index contributed by atoms with van der Waals surface area (Å²) in [5.74, 6) is 1.28. The van der Waals surface area contributed by atoms with E-state index in [1.165, 1.54) is 0 Å². The van der Waals surface area contributed by atoms with Crippen molar-refractivity contribution >= 4 is 22.8 Å². The molecular formula is C11H19N3OS.